The summed E-state index contributed by atoms with van der Waals surface area (Å²) in [6.07, 6.45) is 4.63. The molecule has 1 saturated carbocycles. The summed E-state index contributed by atoms with van der Waals surface area (Å²) in [6.45, 7) is 0. The molecule has 2 rings (SSSR count). The molecule has 0 radical (unpaired) electrons. The molecule has 4 heteroatoms. The van der Waals surface area contributed by atoms with Crippen molar-refractivity contribution in [3.63, 3.8) is 0 Å². The van der Waals surface area contributed by atoms with Gasteiger partial charge in [-0.3, -0.25) is 4.98 Å². The molecule has 0 saturated heterocycles. The van der Waals surface area contributed by atoms with Crippen LogP contribution in [0.25, 0.3) is 0 Å². The molecule has 0 bridgehead atoms. The predicted molar refractivity (Wildman–Crippen MR) is 51.9 cm³/mol. The first-order valence-corrected chi connectivity index (χ1v) is 4.67. The minimum Gasteiger partial charge on any atom is -0.379 e. The quantitative estimate of drug-likeness (QED) is 0.803. The lowest BCUT2D eigenvalue weighted by molar-refractivity contribution is 1.00. The van der Waals surface area contributed by atoms with Gasteiger partial charge in [0.2, 0.25) is 0 Å². The Kier molecular flexibility index (Phi) is 2.02. The van der Waals surface area contributed by atoms with Crippen LogP contribution in [0.3, 0.4) is 0 Å². The van der Waals surface area contributed by atoms with Crippen molar-refractivity contribution < 1.29 is 0 Å². The Balaban J connectivity index is 2.03. The van der Waals surface area contributed by atoms with E-state index in [0.717, 1.165) is 16.6 Å². The lowest BCUT2D eigenvalue weighted by Crippen LogP contribution is -2.13. The second kappa shape index (κ2) is 3.03. The summed E-state index contributed by atoms with van der Waals surface area (Å²) in [5, 5.41) is 3.29. The van der Waals surface area contributed by atoms with E-state index in [1.54, 1.807) is 12.4 Å². The molecule has 2 unspecified atom stereocenters. The number of hydrogen-bond donors (Lipinski definition) is 2. The first-order valence-electron chi connectivity index (χ1n) is 3.88. The van der Waals surface area contributed by atoms with E-state index in [1.807, 2.05) is 6.07 Å². The van der Waals surface area contributed by atoms with Gasteiger partial charge in [0.25, 0.3) is 0 Å². The van der Waals surface area contributed by atoms with Crippen LogP contribution in [-0.2, 0) is 0 Å². The van der Waals surface area contributed by atoms with E-state index >= 15 is 0 Å². The summed E-state index contributed by atoms with van der Waals surface area (Å²) in [5.74, 6) is 0. The third-order valence-corrected chi connectivity index (χ3v) is 2.33. The molecular weight excluding hydrogens is 218 g/mol. The van der Waals surface area contributed by atoms with E-state index in [-0.39, 0.29) is 0 Å². The second-order valence-corrected chi connectivity index (χ2v) is 3.96. The van der Waals surface area contributed by atoms with Crippen molar-refractivity contribution in [1.29, 1.82) is 0 Å². The Morgan fingerprint density at radius 1 is 1.58 bits per heavy atom. The Labute approximate surface area is 79.5 Å². The molecule has 0 aromatic carbocycles. The van der Waals surface area contributed by atoms with Crippen molar-refractivity contribution in [2.24, 2.45) is 5.73 Å². The maximum absolute atomic E-state index is 5.66. The van der Waals surface area contributed by atoms with Gasteiger partial charge in [0, 0.05) is 22.8 Å². The van der Waals surface area contributed by atoms with Crippen molar-refractivity contribution in [2.75, 3.05) is 5.32 Å². The minimum absolute atomic E-state index is 0.323. The van der Waals surface area contributed by atoms with Crippen LogP contribution in [-0.4, -0.2) is 17.1 Å². The molecule has 1 fully saturated rings. The highest BCUT2D eigenvalue weighted by Gasteiger charge is 2.33. The number of rotatable bonds is 2. The number of anilines is 1. The molecule has 0 aliphatic heterocycles. The maximum Gasteiger partial charge on any atom is 0.0540 e. The zero-order chi connectivity index (χ0) is 8.55. The smallest absolute Gasteiger partial charge is 0.0540 e. The maximum atomic E-state index is 5.66. The molecule has 2 atom stereocenters. The average molecular weight is 228 g/mol. The van der Waals surface area contributed by atoms with Gasteiger partial charge in [0.1, 0.15) is 0 Å². The zero-order valence-corrected chi connectivity index (χ0v) is 8.08. The van der Waals surface area contributed by atoms with Gasteiger partial charge in [-0.1, -0.05) is 0 Å². The summed E-state index contributed by atoms with van der Waals surface area (Å²) >= 11 is 3.35. The number of hydrogen-bond acceptors (Lipinski definition) is 3. The molecule has 0 spiro atoms. The summed E-state index contributed by atoms with van der Waals surface area (Å²) in [6, 6.07) is 2.77. The van der Waals surface area contributed by atoms with E-state index in [2.05, 4.69) is 26.2 Å². The Morgan fingerprint density at radius 2 is 2.33 bits per heavy atom. The number of nitrogens with zero attached hydrogens (tertiary/aromatic N) is 1. The number of nitrogens with one attached hydrogen (secondary N) is 1. The van der Waals surface area contributed by atoms with Crippen LogP contribution in [0, 0.1) is 0 Å². The molecule has 64 valence electrons. The molecule has 1 aromatic rings. The summed E-state index contributed by atoms with van der Waals surface area (Å²) < 4.78 is 0.988. The standard InChI is InChI=1S/C8H10BrN3/c9-5-1-6(4-11-3-5)12-8-2-7(8)10/h1,3-4,7-8,12H,2,10H2. The fourth-order valence-corrected chi connectivity index (χ4v) is 1.45. The zero-order valence-electron chi connectivity index (χ0n) is 6.50. The van der Waals surface area contributed by atoms with Crippen LogP contribution < -0.4 is 11.1 Å². The Bertz CT molecular complexity index is 289. The third-order valence-electron chi connectivity index (χ3n) is 1.90. The van der Waals surface area contributed by atoms with Gasteiger partial charge >= 0.3 is 0 Å². The Hall–Kier alpha value is -0.610. The molecule has 0 amide bonds. The third kappa shape index (κ3) is 1.76. The van der Waals surface area contributed by atoms with Crippen molar-refractivity contribution in [3.8, 4) is 0 Å². The molecule has 1 aliphatic rings. The van der Waals surface area contributed by atoms with E-state index in [0.29, 0.717) is 12.1 Å². The summed E-state index contributed by atoms with van der Waals surface area (Å²) in [5.41, 5.74) is 6.69. The first-order chi connectivity index (χ1) is 5.75. The van der Waals surface area contributed by atoms with Crippen LogP contribution in [0.1, 0.15) is 6.42 Å². The lowest BCUT2D eigenvalue weighted by Gasteiger charge is -2.03. The molecule has 1 heterocycles. The highest BCUT2D eigenvalue weighted by Crippen LogP contribution is 2.24. The molecule has 3 N–H and O–H groups in total. The normalized spacial score (nSPS) is 26.8. The molecular formula is C8H10BrN3. The molecule has 1 aliphatic carbocycles. The highest BCUT2D eigenvalue weighted by molar-refractivity contribution is 9.10. The van der Waals surface area contributed by atoms with Gasteiger partial charge in [-0.2, -0.15) is 0 Å². The van der Waals surface area contributed by atoms with Crippen LogP contribution in [0.2, 0.25) is 0 Å². The van der Waals surface area contributed by atoms with Gasteiger partial charge < -0.3 is 11.1 Å². The van der Waals surface area contributed by atoms with E-state index < -0.39 is 0 Å². The fraction of sp³-hybridized carbons (Fsp3) is 0.375. The first kappa shape index (κ1) is 8.01. The second-order valence-electron chi connectivity index (χ2n) is 3.04. The summed E-state index contributed by atoms with van der Waals surface area (Å²) in [4.78, 5) is 4.04. The number of pyridine rings is 1. The topological polar surface area (TPSA) is 50.9 Å². The van der Waals surface area contributed by atoms with E-state index in [1.165, 1.54) is 0 Å². The minimum atomic E-state index is 0.323. The number of aromatic nitrogens is 1. The van der Waals surface area contributed by atoms with Gasteiger partial charge in [-0.25, -0.2) is 0 Å². The van der Waals surface area contributed by atoms with Crippen LogP contribution in [0.15, 0.2) is 22.9 Å². The average Bonchev–Trinajstić information content (AvgIpc) is 2.66. The van der Waals surface area contributed by atoms with Gasteiger partial charge in [0.05, 0.1) is 11.9 Å². The summed E-state index contributed by atoms with van der Waals surface area (Å²) in [7, 11) is 0. The largest absolute Gasteiger partial charge is 0.379 e. The van der Waals surface area contributed by atoms with Crippen LogP contribution in [0.5, 0.6) is 0 Å². The van der Waals surface area contributed by atoms with E-state index in [4.69, 9.17) is 5.73 Å². The monoisotopic (exact) mass is 227 g/mol. The molecule has 1 aromatic heterocycles. The number of nitrogens with two attached hydrogens (primary N) is 1. The molecule has 12 heavy (non-hydrogen) atoms. The fourth-order valence-electron chi connectivity index (χ4n) is 1.09. The SMILES string of the molecule is NC1CC1Nc1cncc(Br)c1. The van der Waals surface area contributed by atoms with Gasteiger partial charge in [-0.05, 0) is 28.4 Å². The van der Waals surface area contributed by atoms with Crippen molar-refractivity contribution >= 4 is 21.6 Å². The van der Waals surface area contributed by atoms with E-state index in [9.17, 15) is 0 Å². The number of halogens is 1. The molecule has 3 nitrogen and oxygen atoms in total. The lowest BCUT2D eigenvalue weighted by atomic mass is 10.4. The van der Waals surface area contributed by atoms with Gasteiger partial charge in [-0.15, -0.1) is 0 Å². The van der Waals surface area contributed by atoms with Crippen molar-refractivity contribution in [1.82, 2.24) is 4.98 Å². The Morgan fingerprint density at radius 3 is 2.92 bits per heavy atom. The van der Waals surface area contributed by atoms with Crippen molar-refractivity contribution in [2.45, 2.75) is 18.5 Å². The van der Waals surface area contributed by atoms with Crippen molar-refractivity contribution in [3.05, 3.63) is 22.9 Å². The van der Waals surface area contributed by atoms with Crippen LogP contribution >= 0.6 is 15.9 Å². The predicted octanol–water partition coefficient (Wildman–Crippen LogP) is 1.36. The van der Waals surface area contributed by atoms with Crippen LogP contribution in [0.4, 0.5) is 5.69 Å². The highest BCUT2D eigenvalue weighted by atomic mass is 79.9. The van der Waals surface area contributed by atoms with Gasteiger partial charge in [0.15, 0.2) is 0 Å².